The molecule has 0 aliphatic rings. The van der Waals surface area contributed by atoms with Crippen molar-refractivity contribution in [3.8, 4) is 0 Å². The summed E-state index contributed by atoms with van der Waals surface area (Å²) in [6.07, 6.45) is -0.0822. The molecule has 0 unspecified atom stereocenters. The Kier molecular flexibility index (Phi) is 11.5. The van der Waals surface area contributed by atoms with Crippen molar-refractivity contribution in [1.82, 2.24) is 5.32 Å². The van der Waals surface area contributed by atoms with E-state index in [9.17, 15) is 14.4 Å². The van der Waals surface area contributed by atoms with Crippen LogP contribution in [-0.4, -0.2) is 29.9 Å². The van der Waals surface area contributed by atoms with Gasteiger partial charge in [0.25, 0.3) is 0 Å². The second-order valence-corrected chi connectivity index (χ2v) is 7.80. The molecule has 0 aliphatic carbocycles. The zero-order valence-corrected chi connectivity index (χ0v) is 20.0. The van der Waals surface area contributed by atoms with Gasteiger partial charge in [-0.2, -0.15) is 0 Å². The van der Waals surface area contributed by atoms with Gasteiger partial charge in [0.15, 0.2) is 0 Å². The second-order valence-electron chi connectivity index (χ2n) is 7.80. The summed E-state index contributed by atoms with van der Waals surface area (Å²) in [5.41, 5.74) is 8.53. The maximum atomic E-state index is 12.8. The number of esters is 2. The van der Waals surface area contributed by atoms with Crippen molar-refractivity contribution in [3.05, 3.63) is 108 Å². The van der Waals surface area contributed by atoms with Crippen LogP contribution < -0.4 is 11.1 Å². The quantitative estimate of drug-likeness (QED) is 0.394. The molecule has 35 heavy (non-hydrogen) atoms. The number of hydrogen-bond donors (Lipinski definition) is 2. The molecule has 8 heteroatoms. The van der Waals surface area contributed by atoms with Crippen LogP contribution in [0.25, 0.3) is 0 Å². The molecule has 0 aromatic heterocycles. The van der Waals surface area contributed by atoms with Crippen molar-refractivity contribution in [3.63, 3.8) is 0 Å². The fraction of sp³-hybridized carbons (Fsp3) is 0.222. The average Bonchev–Trinajstić information content (AvgIpc) is 2.87. The molecule has 184 valence electrons. The van der Waals surface area contributed by atoms with Gasteiger partial charge in [-0.15, -0.1) is 12.4 Å². The Morgan fingerprint density at radius 1 is 0.714 bits per heavy atom. The highest BCUT2D eigenvalue weighted by molar-refractivity contribution is 5.90. The van der Waals surface area contributed by atoms with E-state index in [0.717, 1.165) is 16.7 Å². The molecule has 1 amide bonds. The first-order valence-corrected chi connectivity index (χ1v) is 11.0. The minimum atomic E-state index is -1.22. The van der Waals surface area contributed by atoms with Crippen molar-refractivity contribution in [2.45, 2.75) is 38.1 Å². The molecular weight excluding hydrogens is 468 g/mol. The lowest BCUT2D eigenvalue weighted by molar-refractivity contribution is -0.155. The van der Waals surface area contributed by atoms with Crippen molar-refractivity contribution in [2.24, 2.45) is 5.73 Å². The largest absolute Gasteiger partial charge is 0.461 e. The molecule has 2 atom stereocenters. The van der Waals surface area contributed by atoms with Gasteiger partial charge in [0, 0.05) is 0 Å². The predicted octanol–water partition coefficient (Wildman–Crippen LogP) is 3.34. The van der Waals surface area contributed by atoms with Gasteiger partial charge in [-0.25, -0.2) is 4.79 Å². The molecule has 3 aromatic rings. The summed E-state index contributed by atoms with van der Waals surface area (Å²) in [6, 6.07) is 25.5. The van der Waals surface area contributed by atoms with E-state index < -0.39 is 29.9 Å². The Balaban J connectivity index is 0.00000432. The van der Waals surface area contributed by atoms with Crippen LogP contribution in [0, 0.1) is 0 Å². The number of benzene rings is 3. The van der Waals surface area contributed by atoms with Gasteiger partial charge in [-0.3, -0.25) is 9.59 Å². The van der Waals surface area contributed by atoms with Crippen molar-refractivity contribution >= 4 is 30.3 Å². The summed E-state index contributed by atoms with van der Waals surface area (Å²) in [4.78, 5) is 37.9. The monoisotopic (exact) mass is 496 g/mol. The number of carbonyl (C=O) groups is 3. The maximum absolute atomic E-state index is 12.8. The van der Waals surface area contributed by atoms with E-state index in [1.807, 2.05) is 91.0 Å². The number of amides is 1. The third kappa shape index (κ3) is 9.60. The summed E-state index contributed by atoms with van der Waals surface area (Å²) in [6.45, 7) is 0.0775. The van der Waals surface area contributed by atoms with Gasteiger partial charge < -0.3 is 20.5 Å². The zero-order valence-electron chi connectivity index (χ0n) is 19.2. The van der Waals surface area contributed by atoms with E-state index in [1.165, 1.54) is 0 Å². The van der Waals surface area contributed by atoms with Crippen LogP contribution in [0.1, 0.15) is 23.1 Å². The minimum absolute atomic E-state index is 0. The van der Waals surface area contributed by atoms with E-state index in [4.69, 9.17) is 15.2 Å². The molecule has 0 saturated carbocycles. The summed E-state index contributed by atoms with van der Waals surface area (Å²) in [5.74, 6) is -1.93. The first-order chi connectivity index (χ1) is 16.5. The van der Waals surface area contributed by atoms with Gasteiger partial charge in [0.1, 0.15) is 19.3 Å². The van der Waals surface area contributed by atoms with Gasteiger partial charge >= 0.3 is 11.9 Å². The number of ether oxygens (including phenoxy) is 2. The van der Waals surface area contributed by atoms with E-state index in [2.05, 4.69) is 5.32 Å². The summed E-state index contributed by atoms with van der Waals surface area (Å²) in [5, 5.41) is 2.56. The maximum Gasteiger partial charge on any atom is 0.329 e. The Labute approximate surface area is 211 Å². The third-order valence-corrected chi connectivity index (χ3v) is 5.07. The SMILES string of the molecule is Cl.N[C@@H](Cc1ccccc1)C(=O)N[C@@H](CC(=O)OCc1ccccc1)C(=O)OCc1ccccc1. The Hall–Kier alpha value is -3.68. The lowest BCUT2D eigenvalue weighted by Gasteiger charge is -2.20. The highest BCUT2D eigenvalue weighted by atomic mass is 35.5. The fourth-order valence-electron chi connectivity index (χ4n) is 3.23. The molecule has 3 N–H and O–H groups in total. The smallest absolute Gasteiger partial charge is 0.329 e. The minimum Gasteiger partial charge on any atom is -0.461 e. The first kappa shape index (κ1) is 27.6. The van der Waals surface area contributed by atoms with Gasteiger partial charge in [-0.05, 0) is 23.1 Å². The van der Waals surface area contributed by atoms with E-state index in [1.54, 1.807) is 0 Å². The number of carbonyl (C=O) groups excluding carboxylic acids is 3. The Bertz CT molecular complexity index is 1060. The van der Waals surface area contributed by atoms with Gasteiger partial charge in [0.2, 0.25) is 5.91 Å². The molecule has 0 heterocycles. The van der Waals surface area contributed by atoms with Gasteiger partial charge in [-0.1, -0.05) is 91.0 Å². The fourth-order valence-corrected chi connectivity index (χ4v) is 3.23. The topological polar surface area (TPSA) is 108 Å². The summed E-state index contributed by atoms with van der Waals surface area (Å²) < 4.78 is 10.6. The number of rotatable bonds is 11. The van der Waals surface area contributed by atoms with E-state index >= 15 is 0 Å². The van der Waals surface area contributed by atoms with Crippen LogP contribution in [-0.2, 0) is 43.5 Å². The normalized spacial score (nSPS) is 11.9. The van der Waals surface area contributed by atoms with Crippen molar-refractivity contribution < 1.29 is 23.9 Å². The van der Waals surface area contributed by atoms with Crippen LogP contribution in [0.4, 0.5) is 0 Å². The third-order valence-electron chi connectivity index (χ3n) is 5.07. The Morgan fingerprint density at radius 3 is 1.69 bits per heavy atom. The molecule has 0 fully saturated rings. The average molecular weight is 497 g/mol. The molecule has 7 nitrogen and oxygen atoms in total. The van der Waals surface area contributed by atoms with Crippen LogP contribution in [0.15, 0.2) is 91.0 Å². The number of halogens is 1. The molecular formula is C27H29ClN2O5. The van der Waals surface area contributed by atoms with E-state index in [-0.39, 0.29) is 38.5 Å². The highest BCUT2D eigenvalue weighted by Gasteiger charge is 2.28. The molecule has 0 saturated heterocycles. The highest BCUT2D eigenvalue weighted by Crippen LogP contribution is 2.08. The Morgan fingerprint density at radius 2 is 1.17 bits per heavy atom. The van der Waals surface area contributed by atoms with Crippen LogP contribution in [0.5, 0.6) is 0 Å². The van der Waals surface area contributed by atoms with Crippen LogP contribution in [0.2, 0.25) is 0 Å². The van der Waals surface area contributed by atoms with Gasteiger partial charge in [0.05, 0.1) is 12.5 Å². The summed E-state index contributed by atoms with van der Waals surface area (Å²) >= 11 is 0. The number of nitrogens with one attached hydrogen (secondary N) is 1. The van der Waals surface area contributed by atoms with Crippen LogP contribution in [0.3, 0.4) is 0 Å². The summed E-state index contributed by atoms with van der Waals surface area (Å²) in [7, 11) is 0. The first-order valence-electron chi connectivity index (χ1n) is 11.0. The molecule has 3 rings (SSSR count). The zero-order chi connectivity index (χ0) is 24.2. The van der Waals surface area contributed by atoms with Crippen LogP contribution >= 0.6 is 12.4 Å². The number of nitrogens with two attached hydrogens (primary N) is 1. The predicted molar refractivity (Wildman–Crippen MR) is 134 cm³/mol. The molecule has 0 spiro atoms. The lowest BCUT2D eigenvalue weighted by atomic mass is 10.1. The van der Waals surface area contributed by atoms with Crippen molar-refractivity contribution in [2.75, 3.05) is 0 Å². The number of hydrogen-bond acceptors (Lipinski definition) is 6. The molecule has 0 radical (unpaired) electrons. The molecule has 0 bridgehead atoms. The van der Waals surface area contributed by atoms with E-state index in [0.29, 0.717) is 0 Å². The van der Waals surface area contributed by atoms with Crippen molar-refractivity contribution in [1.29, 1.82) is 0 Å². The standard InChI is InChI=1S/C27H28N2O5.ClH/c28-23(16-20-10-4-1-5-11-20)26(31)29-24(27(32)34-19-22-14-8-3-9-15-22)17-25(30)33-18-21-12-6-2-7-13-21;/h1-15,23-24H,16-19,28H2,(H,29,31);1H/t23-,24-;/m0./s1. The molecule has 3 aromatic carbocycles. The lowest BCUT2D eigenvalue weighted by Crippen LogP contribution is -2.50. The molecule has 0 aliphatic heterocycles. The second kappa shape index (κ2) is 14.6.